The fourth-order valence-corrected chi connectivity index (χ4v) is 2.26. The molecule has 0 aromatic heterocycles. The van der Waals surface area contributed by atoms with Gasteiger partial charge in [0.05, 0.1) is 0 Å². The van der Waals surface area contributed by atoms with E-state index in [2.05, 4.69) is 72.9 Å². The van der Waals surface area contributed by atoms with Crippen molar-refractivity contribution in [2.45, 2.75) is 12.8 Å². The van der Waals surface area contributed by atoms with Crippen molar-refractivity contribution in [1.82, 2.24) is 0 Å². The van der Waals surface area contributed by atoms with E-state index in [1.807, 2.05) is 0 Å². The SMILES string of the molecule is C1=CC(=C/C=c2\ccc3c(c2)C=CCC=3)C=CC1. The first-order chi connectivity index (χ1) is 8.92. The summed E-state index contributed by atoms with van der Waals surface area (Å²) >= 11 is 0. The Bertz CT molecular complexity index is 665. The number of hydrogen-bond donors (Lipinski definition) is 0. The van der Waals surface area contributed by atoms with Crippen LogP contribution >= 0.6 is 0 Å². The van der Waals surface area contributed by atoms with E-state index in [-0.39, 0.29) is 0 Å². The molecule has 3 rings (SSSR count). The van der Waals surface area contributed by atoms with E-state index in [9.17, 15) is 0 Å². The first-order valence-corrected chi connectivity index (χ1v) is 6.44. The number of allylic oxidation sites excluding steroid dienone is 7. The van der Waals surface area contributed by atoms with Gasteiger partial charge in [0, 0.05) is 0 Å². The van der Waals surface area contributed by atoms with Gasteiger partial charge in [0.25, 0.3) is 0 Å². The van der Waals surface area contributed by atoms with Crippen LogP contribution in [0.25, 0.3) is 18.2 Å². The molecule has 2 aliphatic carbocycles. The van der Waals surface area contributed by atoms with Crippen LogP contribution in [0.4, 0.5) is 0 Å². The third-order valence-electron chi connectivity index (χ3n) is 3.24. The predicted octanol–water partition coefficient (Wildman–Crippen LogP) is 3.11. The van der Waals surface area contributed by atoms with Gasteiger partial charge in [-0.15, -0.1) is 0 Å². The van der Waals surface area contributed by atoms with Crippen molar-refractivity contribution in [2.75, 3.05) is 0 Å². The number of hydrogen-bond acceptors (Lipinski definition) is 0. The molecule has 0 N–H and O–H groups in total. The lowest BCUT2D eigenvalue weighted by Crippen LogP contribution is -2.13. The Hall–Kier alpha value is -2.08. The summed E-state index contributed by atoms with van der Waals surface area (Å²) in [4.78, 5) is 0. The van der Waals surface area contributed by atoms with E-state index in [1.54, 1.807) is 0 Å². The van der Waals surface area contributed by atoms with Gasteiger partial charge in [-0.1, -0.05) is 66.8 Å². The Kier molecular flexibility index (Phi) is 3.10. The van der Waals surface area contributed by atoms with Crippen molar-refractivity contribution in [1.29, 1.82) is 0 Å². The highest BCUT2D eigenvalue weighted by atomic mass is 14.0. The molecule has 0 radical (unpaired) electrons. The van der Waals surface area contributed by atoms with Gasteiger partial charge in [0.2, 0.25) is 0 Å². The molecule has 0 aliphatic heterocycles. The third-order valence-corrected chi connectivity index (χ3v) is 3.24. The molecule has 0 heteroatoms. The van der Waals surface area contributed by atoms with Crippen LogP contribution in [0.5, 0.6) is 0 Å². The normalized spacial score (nSPS) is 17.6. The molecular weight excluding hydrogens is 216 g/mol. The molecule has 1 aromatic carbocycles. The van der Waals surface area contributed by atoms with Crippen molar-refractivity contribution in [2.24, 2.45) is 0 Å². The standard InChI is InChI=1S/C18H16/c1-2-6-15(7-3-1)10-11-16-12-13-17-8-4-5-9-18(17)14-16/h2-3,5-14H,1,4H2/b16-11+. The Morgan fingerprint density at radius 3 is 2.56 bits per heavy atom. The Balaban J connectivity index is 1.98. The van der Waals surface area contributed by atoms with Gasteiger partial charge in [-0.05, 0) is 40.5 Å². The van der Waals surface area contributed by atoms with E-state index < -0.39 is 0 Å². The fourth-order valence-electron chi connectivity index (χ4n) is 2.26. The molecule has 0 saturated heterocycles. The summed E-state index contributed by atoms with van der Waals surface area (Å²) in [5.41, 5.74) is 2.59. The van der Waals surface area contributed by atoms with Crippen molar-refractivity contribution in [3.63, 3.8) is 0 Å². The fraction of sp³-hybridized carbons (Fsp3) is 0.111. The van der Waals surface area contributed by atoms with Gasteiger partial charge < -0.3 is 0 Å². The van der Waals surface area contributed by atoms with Crippen LogP contribution in [0.2, 0.25) is 0 Å². The Morgan fingerprint density at radius 2 is 1.67 bits per heavy atom. The zero-order valence-corrected chi connectivity index (χ0v) is 10.3. The summed E-state index contributed by atoms with van der Waals surface area (Å²) in [5.74, 6) is 0. The highest BCUT2D eigenvalue weighted by molar-refractivity contribution is 5.58. The molecule has 0 heterocycles. The van der Waals surface area contributed by atoms with Crippen LogP contribution in [0.1, 0.15) is 18.4 Å². The molecule has 2 aliphatic rings. The van der Waals surface area contributed by atoms with Crippen molar-refractivity contribution >= 4 is 18.2 Å². The van der Waals surface area contributed by atoms with Gasteiger partial charge in [0.1, 0.15) is 0 Å². The quantitative estimate of drug-likeness (QED) is 0.698. The summed E-state index contributed by atoms with van der Waals surface area (Å²) in [6.07, 6.45) is 21.8. The van der Waals surface area contributed by atoms with Gasteiger partial charge in [-0.25, -0.2) is 0 Å². The monoisotopic (exact) mass is 232 g/mol. The van der Waals surface area contributed by atoms with Crippen molar-refractivity contribution < 1.29 is 0 Å². The van der Waals surface area contributed by atoms with Gasteiger partial charge in [-0.2, -0.15) is 0 Å². The van der Waals surface area contributed by atoms with Crippen molar-refractivity contribution in [3.05, 3.63) is 76.2 Å². The summed E-state index contributed by atoms with van der Waals surface area (Å²) in [5, 5.41) is 2.60. The predicted molar refractivity (Wildman–Crippen MR) is 79.3 cm³/mol. The average molecular weight is 232 g/mol. The second kappa shape index (κ2) is 5.05. The Morgan fingerprint density at radius 1 is 0.833 bits per heavy atom. The number of fused-ring (bicyclic) bond motifs is 1. The highest BCUT2D eigenvalue weighted by Crippen LogP contribution is 2.07. The molecule has 18 heavy (non-hydrogen) atoms. The molecule has 0 bridgehead atoms. The Labute approximate surface area is 108 Å². The second-order valence-corrected chi connectivity index (χ2v) is 4.60. The maximum absolute atomic E-state index is 2.27. The van der Waals surface area contributed by atoms with E-state index >= 15 is 0 Å². The third kappa shape index (κ3) is 2.43. The van der Waals surface area contributed by atoms with Crippen LogP contribution < -0.4 is 10.4 Å². The molecule has 0 atom stereocenters. The molecule has 0 fully saturated rings. The minimum Gasteiger partial charge on any atom is -0.0801 e. The summed E-state index contributed by atoms with van der Waals surface area (Å²) in [7, 11) is 0. The molecule has 0 nitrogen and oxygen atoms in total. The van der Waals surface area contributed by atoms with E-state index in [1.165, 1.54) is 21.6 Å². The molecule has 0 saturated carbocycles. The zero-order valence-electron chi connectivity index (χ0n) is 10.3. The maximum atomic E-state index is 2.27. The van der Waals surface area contributed by atoms with Crippen LogP contribution in [-0.4, -0.2) is 0 Å². The van der Waals surface area contributed by atoms with Crippen LogP contribution in [0.3, 0.4) is 0 Å². The average Bonchev–Trinajstić information content (AvgIpc) is 2.46. The minimum atomic E-state index is 1.05. The summed E-state index contributed by atoms with van der Waals surface area (Å²) in [6.45, 7) is 0. The van der Waals surface area contributed by atoms with Crippen LogP contribution in [0.15, 0.2) is 60.2 Å². The number of benzene rings is 1. The largest absolute Gasteiger partial charge is 0.0801 e. The number of rotatable bonds is 1. The summed E-state index contributed by atoms with van der Waals surface area (Å²) in [6, 6.07) is 6.63. The van der Waals surface area contributed by atoms with Gasteiger partial charge in [0.15, 0.2) is 0 Å². The molecule has 1 aromatic rings. The van der Waals surface area contributed by atoms with E-state index in [0.717, 1.165) is 12.8 Å². The minimum absolute atomic E-state index is 1.05. The van der Waals surface area contributed by atoms with Crippen molar-refractivity contribution in [3.8, 4) is 0 Å². The molecular formula is C18H16. The first-order valence-electron chi connectivity index (χ1n) is 6.44. The lowest BCUT2D eigenvalue weighted by molar-refractivity contribution is 1.34. The molecule has 0 amide bonds. The van der Waals surface area contributed by atoms with Crippen LogP contribution in [-0.2, 0) is 0 Å². The van der Waals surface area contributed by atoms with E-state index in [4.69, 9.17) is 0 Å². The highest BCUT2D eigenvalue weighted by Gasteiger charge is 1.94. The lowest BCUT2D eigenvalue weighted by atomic mass is 10.0. The first kappa shape index (κ1) is 11.0. The zero-order chi connectivity index (χ0) is 12.2. The van der Waals surface area contributed by atoms with Crippen LogP contribution in [0, 0.1) is 0 Å². The lowest BCUT2D eigenvalue weighted by Gasteiger charge is -2.01. The second-order valence-electron chi connectivity index (χ2n) is 4.60. The topological polar surface area (TPSA) is 0 Å². The van der Waals surface area contributed by atoms with Gasteiger partial charge >= 0.3 is 0 Å². The maximum Gasteiger partial charge on any atom is -0.0157 e. The smallest absolute Gasteiger partial charge is 0.0157 e. The molecule has 0 spiro atoms. The summed E-state index contributed by atoms with van der Waals surface area (Å²) < 4.78 is 0. The van der Waals surface area contributed by atoms with E-state index in [0.29, 0.717) is 0 Å². The molecule has 88 valence electrons. The molecule has 0 unspecified atom stereocenters. The van der Waals surface area contributed by atoms with Gasteiger partial charge in [-0.3, -0.25) is 0 Å².